The van der Waals surface area contributed by atoms with Crippen molar-refractivity contribution >= 4 is 5.82 Å². The number of nitrogens with zero attached hydrogens (tertiary/aromatic N) is 3. The average molecular weight is 233 g/mol. The highest BCUT2D eigenvalue weighted by Gasteiger charge is 2.22. The van der Waals surface area contributed by atoms with E-state index in [2.05, 4.69) is 4.98 Å². The number of ether oxygens (including phenoxy) is 1. The number of nitro groups is 1. The molecule has 1 aromatic heterocycles. The van der Waals surface area contributed by atoms with Crippen molar-refractivity contribution in [1.29, 1.82) is 0 Å². The molecule has 0 amide bonds. The number of hydrogen-bond donors (Lipinski definition) is 0. The molecule has 17 heavy (non-hydrogen) atoms. The van der Waals surface area contributed by atoms with Gasteiger partial charge in [-0.3, -0.25) is 4.57 Å². The summed E-state index contributed by atoms with van der Waals surface area (Å²) in [5.41, 5.74) is 1.09. The first kappa shape index (κ1) is 11.1. The van der Waals surface area contributed by atoms with E-state index in [0.29, 0.717) is 5.75 Å². The van der Waals surface area contributed by atoms with Gasteiger partial charge >= 0.3 is 11.7 Å². The molecule has 0 fully saturated rings. The lowest BCUT2D eigenvalue weighted by Crippen LogP contribution is -1.96. The van der Waals surface area contributed by atoms with Crippen LogP contribution in [0.1, 0.15) is 5.56 Å². The van der Waals surface area contributed by atoms with E-state index >= 15 is 0 Å². The van der Waals surface area contributed by atoms with Crippen molar-refractivity contribution in [3.8, 4) is 11.6 Å². The minimum atomic E-state index is -0.566. The molecule has 2 aromatic rings. The molecule has 0 atom stereocenters. The van der Waals surface area contributed by atoms with Crippen LogP contribution in [0, 0.1) is 17.0 Å². The van der Waals surface area contributed by atoms with Crippen LogP contribution in [0.2, 0.25) is 0 Å². The fourth-order valence-corrected chi connectivity index (χ4v) is 1.37. The number of imidazole rings is 1. The highest BCUT2D eigenvalue weighted by Crippen LogP contribution is 2.29. The van der Waals surface area contributed by atoms with Gasteiger partial charge in [-0.25, -0.2) is 0 Å². The molecule has 0 aliphatic carbocycles. The number of rotatable bonds is 3. The summed E-state index contributed by atoms with van der Waals surface area (Å²) in [7, 11) is 1.64. The normalized spacial score (nSPS) is 10.2. The Kier molecular flexibility index (Phi) is 2.78. The molecular formula is C11H11N3O3. The Balaban J connectivity index is 2.32. The second kappa shape index (κ2) is 4.25. The molecule has 6 heteroatoms. The van der Waals surface area contributed by atoms with Gasteiger partial charge in [-0.05, 0) is 29.0 Å². The molecule has 6 nitrogen and oxygen atoms in total. The van der Waals surface area contributed by atoms with E-state index in [4.69, 9.17) is 4.74 Å². The fraction of sp³-hybridized carbons (Fsp3) is 0.182. The standard InChI is InChI=1S/C11H11N3O3/c1-8-3-5-9(6-4-8)17-11-10(14(15)16)12-7-13(11)2/h3-7H,1-2H3. The summed E-state index contributed by atoms with van der Waals surface area (Å²) in [5, 5.41) is 10.7. The number of aryl methyl sites for hydroxylation is 2. The average Bonchev–Trinajstić information content (AvgIpc) is 2.64. The highest BCUT2D eigenvalue weighted by molar-refractivity contribution is 5.38. The van der Waals surface area contributed by atoms with Crippen molar-refractivity contribution in [2.24, 2.45) is 7.05 Å². The molecule has 1 aromatic carbocycles. The summed E-state index contributed by atoms with van der Waals surface area (Å²) in [6, 6.07) is 7.26. The molecular weight excluding hydrogens is 222 g/mol. The van der Waals surface area contributed by atoms with Crippen LogP contribution >= 0.6 is 0 Å². The molecule has 0 aliphatic heterocycles. The van der Waals surface area contributed by atoms with Gasteiger partial charge in [0.15, 0.2) is 0 Å². The van der Waals surface area contributed by atoms with Crippen LogP contribution in [0.4, 0.5) is 5.82 Å². The first-order valence-electron chi connectivity index (χ1n) is 4.98. The van der Waals surface area contributed by atoms with Gasteiger partial charge in [0.25, 0.3) is 0 Å². The first-order valence-corrected chi connectivity index (χ1v) is 4.98. The third-order valence-electron chi connectivity index (χ3n) is 2.27. The lowest BCUT2D eigenvalue weighted by atomic mass is 10.2. The first-order chi connectivity index (χ1) is 8.08. The molecule has 0 unspecified atom stereocenters. The van der Waals surface area contributed by atoms with Gasteiger partial charge in [0.2, 0.25) is 6.33 Å². The van der Waals surface area contributed by atoms with Crippen molar-refractivity contribution in [2.75, 3.05) is 0 Å². The minimum Gasteiger partial charge on any atom is -0.434 e. The Hall–Kier alpha value is -2.37. The van der Waals surface area contributed by atoms with Crippen LogP contribution in [-0.4, -0.2) is 14.5 Å². The number of hydrogen-bond acceptors (Lipinski definition) is 4. The molecule has 0 spiro atoms. The minimum absolute atomic E-state index is 0.124. The molecule has 0 bridgehead atoms. The van der Waals surface area contributed by atoms with Gasteiger partial charge in [-0.2, -0.15) is 0 Å². The molecule has 2 rings (SSSR count). The predicted molar refractivity (Wildman–Crippen MR) is 61.1 cm³/mol. The zero-order valence-corrected chi connectivity index (χ0v) is 9.45. The van der Waals surface area contributed by atoms with Crippen molar-refractivity contribution in [2.45, 2.75) is 6.92 Å². The zero-order chi connectivity index (χ0) is 12.4. The zero-order valence-electron chi connectivity index (χ0n) is 9.45. The van der Waals surface area contributed by atoms with Gasteiger partial charge in [0.05, 0.1) is 0 Å². The van der Waals surface area contributed by atoms with E-state index < -0.39 is 4.92 Å². The molecule has 0 saturated heterocycles. The van der Waals surface area contributed by atoms with Gasteiger partial charge < -0.3 is 14.9 Å². The Bertz CT molecular complexity index is 546. The smallest absolute Gasteiger partial charge is 0.427 e. The largest absolute Gasteiger partial charge is 0.434 e. The molecule has 0 radical (unpaired) electrons. The van der Waals surface area contributed by atoms with Crippen LogP contribution in [0.25, 0.3) is 0 Å². The Morgan fingerprint density at radius 2 is 2.00 bits per heavy atom. The molecule has 88 valence electrons. The topological polar surface area (TPSA) is 70.2 Å². The van der Waals surface area contributed by atoms with E-state index in [0.717, 1.165) is 5.56 Å². The monoisotopic (exact) mass is 233 g/mol. The van der Waals surface area contributed by atoms with Crippen LogP contribution in [0.15, 0.2) is 30.6 Å². The van der Waals surface area contributed by atoms with Gasteiger partial charge in [0.1, 0.15) is 5.75 Å². The van der Waals surface area contributed by atoms with E-state index in [-0.39, 0.29) is 11.7 Å². The van der Waals surface area contributed by atoms with Crippen LogP contribution in [0.5, 0.6) is 11.6 Å². The van der Waals surface area contributed by atoms with E-state index in [1.54, 1.807) is 19.2 Å². The van der Waals surface area contributed by atoms with Crippen molar-refractivity contribution in [3.63, 3.8) is 0 Å². The molecule has 0 aliphatic rings. The molecule has 1 heterocycles. The summed E-state index contributed by atoms with van der Waals surface area (Å²) in [6.45, 7) is 1.95. The summed E-state index contributed by atoms with van der Waals surface area (Å²) in [5.74, 6) is 0.384. The van der Waals surface area contributed by atoms with Gasteiger partial charge in [0, 0.05) is 7.05 Å². The fourth-order valence-electron chi connectivity index (χ4n) is 1.37. The van der Waals surface area contributed by atoms with E-state index in [1.807, 2.05) is 19.1 Å². The van der Waals surface area contributed by atoms with Crippen LogP contribution < -0.4 is 4.74 Å². The highest BCUT2D eigenvalue weighted by atomic mass is 16.6. The van der Waals surface area contributed by atoms with Crippen LogP contribution in [0.3, 0.4) is 0 Å². The molecule has 0 N–H and O–H groups in total. The van der Waals surface area contributed by atoms with E-state index in [1.165, 1.54) is 10.9 Å². The van der Waals surface area contributed by atoms with Gasteiger partial charge in [-0.15, -0.1) is 0 Å². The third kappa shape index (κ3) is 2.25. The summed E-state index contributed by atoms with van der Waals surface area (Å²) >= 11 is 0. The number of benzene rings is 1. The quantitative estimate of drug-likeness (QED) is 0.603. The maximum atomic E-state index is 10.7. The maximum Gasteiger partial charge on any atom is 0.427 e. The predicted octanol–water partition coefficient (Wildman–Crippen LogP) is 2.43. The third-order valence-corrected chi connectivity index (χ3v) is 2.27. The lowest BCUT2D eigenvalue weighted by Gasteiger charge is -2.05. The second-order valence-corrected chi connectivity index (χ2v) is 3.66. The van der Waals surface area contributed by atoms with Crippen molar-refractivity contribution in [3.05, 3.63) is 46.3 Å². The molecule has 0 saturated carbocycles. The second-order valence-electron chi connectivity index (χ2n) is 3.66. The van der Waals surface area contributed by atoms with Crippen molar-refractivity contribution < 1.29 is 9.66 Å². The summed E-state index contributed by atoms with van der Waals surface area (Å²) in [4.78, 5) is 13.8. The lowest BCUT2D eigenvalue weighted by molar-refractivity contribution is -0.390. The SMILES string of the molecule is Cc1ccc(Oc2c([N+](=O)[O-])ncn2C)cc1. The Labute approximate surface area is 97.6 Å². The summed E-state index contributed by atoms with van der Waals surface area (Å²) < 4.78 is 6.93. The maximum absolute atomic E-state index is 10.7. The number of aromatic nitrogens is 2. The van der Waals surface area contributed by atoms with Crippen molar-refractivity contribution in [1.82, 2.24) is 9.55 Å². The Morgan fingerprint density at radius 3 is 2.59 bits per heavy atom. The van der Waals surface area contributed by atoms with E-state index in [9.17, 15) is 10.1 Å². The Morgan fingerprint density at radius 1 is 1.35 bits per heavy atom. The van der Waals surface area contributed by atoms with Crippen LogP contribution in [-0.2, 0) is 7.05 Å². The summed E-state index contributed by atoms with van der Waals surface area (Å²) in [6.07, 6.45) is 1.35. The van der Waals surface area contributed by atoms with Gasteiger partial charge in [-0.1, -0.05) is 17.7 Å².